The van der Waals surface area contributed by atoms with E-state index >= 15 is 4.39 Å². The second kappa shape index (κ2) is 50.3. The molecule has 26 N–H and O–H groups in total. The number of amides is 15. The van der Waals surface area contributed by atoms with E-state index in [1.54, 1.807) is 11.8 Å². The molecule has 724 valence electrons. The SMILES string of the molecule is CCn1cc(C(=O)O)c(=O)c2cc(F)c(N3CCN(C(=O)OCOC(=O)CCC(=O)NCCNC(=O)CCC(=O)Nc4cc5cc(O)c(O)cc5[n+]5c4NCC[C@H]5C(=O)N[C@H](CO)C(=O)N[C@@H](CCCNC(=N)N)C(=O)N[C@H](CO)C(=O)N[C@@](C)(CCCN(O)C=O)C(=O)N[C@H]4CCCCNC(=O)[C@H](C(C)O)NC(=O)[C@H](C(C)O)NC(=O)[C@H](CCCN(O)C=O)NC4=O)CC3)cc21. The van der Waals surface area contributed by atoms with Crippen molar-refractivity contribution in [3.8, 4) is 11.5 Å². The number of carboxylic acid groups (broad SMARTS) is 1. The highest BCUT2D eigenvalue weighted by Gasteiger charge is 2.43. The maximum absolute atomic E-state index is 15.4. The molecular weight excluding hydrogens is 1750 g/mol. The number of ether oxygens (including phenoxy) is 2. The summed E-state index contributed by atoms with van der Waals surface area (Å²) in [6.07, 6.45) is -6.62. The first-order valence-corrected chi connectivity index (χ1v) is 42.3. The first-order chi connectivity index (χ1) is 62.7. The number of hydroxylamine groups is 4. The number of carboxylic acids is 1. The van der Waals surface area contributed by atoms with Crippen LogP contribution in [0.5, 0.6) is 11.5 Å². The third-order valence-electron chi connectivity index (χ3n) is 21.6. The van der Waals surface area contributed by atoms with Crippen molar-refractivity contribution in [1.82, 2.24) is 83.4 Å². The number of carbonyl (C=O) groups excluding carboxylic acids is 16. The van der Waals surface area contributed by atoms with Crippen LogP contribution in [0.3, 0.4) is 0 Å². The second-order valence-electron chi connectivity index (χ2n) is 31.4. The van der Waals surface area contributed by atoms with Gasteiger partial charge in [-0.1, -0.05) is 0 Å². The smallest absolute Gasteiger partial charge is 0.412 e. The minimum Gasteiger partial charge on any atom is -0.504 e. The lowest BCUT2D eigenvalue weighted by atomic mass is 9.92. The van der Waals surface area contributed by atoms with Gasteiger partial charge in [0.05, 0.1) is 49.6 Å². The average molecular weight is 1870 g/mol. The van der Waals surface area contributed by atoms with Crippen LogP contribution in [-0.2, 0) is 87.9 Å². The van der Waals surface area contributed by atoms with Crippen molar-refractivity contribution >= 4 is 147 Å². The summed E-state index contributed by atoms with van der Waals surface area (Å²) in [7, 11) is 0. The Bertz CT molecular complexity index is 4960. The van der Waals surface area contributed by atoms with Gasteiger partial charge in [0.1, 0.15) is 70.4 Å². The number of carbonyl (C=O) groups is 17. The Morgan fingerprint density at radius 1 is 0.697 bits per heavy atom. The van der Waals surface area contributed by atoms with E-state index in [1.807, 2.05) is 0 Å². The van der Waals surface area contributed by atoms with E-state index in [9.17, 15) is 132 Å². The topological polar surface area (TPSA) is 748 Å². The molecule has 2 saturated heterocycles. The van der Waals surface area contributed by atoms with E-state index in [1.165, 1.54) is 39.3 Å². The number of esters is 1. The van der Waals surface area contributed by atoms with Crippen LogP contribution in [0.25, 0.3) is 21.8 Å². The summed E-state index contributed by atoms with van der Waals surface area (Å²) in [5.41, 5.74) is 2.38. The molecule has 0 radical (unpaired) electrons. The van der Waals surface area contributed by atoms with Crippen LogP contribution in [0.15, 0.2) is 41.3 Å². The molecule has 52 heteroatoms. The predicted molar refractivity (Wildman–Crippen MR) is 456 cm³/mol. The third-order valence-corrected chi connectivity index (χ3v) is 21.6. The van der Waals surface area contributed by atoms with Crippen LogP contribution in [0.1, 0.15) is 134 Å². The van der Waals surface area contributed by atoms with Gasteiger partial charge in [-0.25, -0.2) is 28.7 Å². The summed E-state index contributed by atoms with van der Waals surface area (Å²) in [6.45, 7) is 1.23. The zero-order valence-corrected chi connectivity index (χ0v) is 72.7. The number of piperazine rings is 1. The van der Waals surface area contributed by atoms with Crippen LogP contribution in [-0.4, -0.2) is 325 Å². The average Bonchev–Trinajstić information content (AvgIpc) is 0.748. The lowest BCUT2D eigenvalue weighted by Crippen LogP contribution is -2.65. The van der Waals surface area contributed by atoms with E-state index in [0.29, 0.717) is 5.52 Å². The number of hydrogen-bond acceptors (Lipinski definition) is 31. The predicted octanol–water partition coefficient (Wildman–Crippen LogP) is -6.91. The van der Waals surface area contributed by atoms with E-state index in [0.717, 1.165) is 32.0 Å². The number of halogens is 1. The maximum atomic E-state index is 15.4. The molecule has 2 aromatic heterocycles. The fourth-order valence-corrected chi connectivity index (χ4v) is 14.4. The quantitative estimate of drug-likeness (QED) is 0.00187. The molecule has 7 rings (SSSR count). The molecule has 2 aromatic carbocycles. The molecule has 15 amide bonds. The van der Waals surface area contributed by atoms with Crippen molar-refractivity contribution in [2.75, 3.05) is 108 Å². The minimum atomic E-state index is -2.26. The van der Waals surface area contributed by atoms with Crippen LogP contribution in [0.2, 0.25) is 0 Å². The zero-order chi connectivity index (χ0) is 97.4. The van der Waals surface area contributed by atoms with Gasteiger partial charge in [-0.05, 0) is 110 Å². The summed E-state index contributed by atoms with van der Waals surface area (Å²) >= 11 is 0. The number of benzene rings is 2. The number of anilines is 3. The van der Waals surface area contributed by atoms with Gasteiger partial charge in [-0.3, -0.25) is 97.9 Å². The van der Waals surface area contributed by atoms with Gasteiger partial charge in [-0.15, -0.1) is 0 Å². The highest BCUT2D eigenvalue weighted by atomic mass is 19.1. The van der Waals surface area contributed by atoms with Crippen molar-refractivity contribution in [1.29, 1.82) is 5.41 Å². The number of nitrogens with two attached hydrogens (primary N) is 1. The van der Waals surface area contributed by atoms with E-state index in [-0.39, 0.29) is 186 Å². The molecule has 3 aliphatic rings. The molecule has 5 heterocycles. The van der Waals surface area contributed by atoms with Gasteiger partial charge in [0.2, 0.25) is 90.0 Å². The maximum Gasteiger partial charge on any atom is 0.412 e. The number of pyridine rings is 2. The van der Waals surface area contributed by atoms with E-state index in [4.69, 9.17) is 20.6 Å². The summed E-state index contributed by atoms with van der Waals surface area (Å²) in [5, 5.41) is 137. The Labute approximate surface area is 751 Å². The summed E-state index contributed by atoms with van der Waals surface area (Å²) in [5.74, 6) is -17.1. The molecule has 4 aromatic rings. The number of rotatable bonds is 43. The Hall–Kier alpha value is -14.0. The monoisotopic (exact) mass is 1870 g/mol. The van der Waals surface area contributed by atoms with Crippen molar-refractivity contribution in [3.05, 3.63) is 58.1 Å². The number of nitrogens with one attached hydrogen (secondary N) is 15. The third kappa shape index (κ3) is 30.0. The Balaban J connectivity index is 0.951. The largest absolute Gasteiger partial charge is 0.504 e. The van der Waals surface area contributed by atoms with Crippen molar-refractivity contribution < 1.29 is 146 Å². The van der Waals surface area contributed by atoms with Gasteiger partial charge >= 0.3 is 18.0 Å². The molecule has 132 heavy (non-hydrogen) atoms. The van der Waals surface area contributed by atoms with Crippen molar-refractivity contribution in [2.24, 2.45) is 5.73 Å². The number of aromatic nitrogens is 2. The lowest BCUT2D eigenvalue weighted by Gasteiger charge is -2.35. The van der Waals surface area contributed by atoms with Crippen LogP contribution < -0.4 is 95.1 Å². The van der Waals surface area contributed by atoms with Crippen LogP contribution in [0, 0.1) is 11.2 Å². The number of phenols is 2. The number of hydrogen-bond donors (Lipinski definition) is 25. The highest BCUT2D eigenvalue weighted by Crippen LogP contribution is 2.36. The molecule has 0 bridgehead atoms. The first-order valence-electron chi connectivity index (χ1n) is 42.3. The molecule has 3 aliphatic heterocycles. The summed E-state index contributed by atoms with van der Waals surface area (Å²) < 4.78 is 28.3. The van der Waals surface area contributed by atoms with Crippen molar-refractivity contribution in [2.45, 2.75) is 190 Å². The van der Waals surface area contributed by atoms with Gasteiger partial charge in [0, 0.05) is 121 Å². The number of aliphatic hydroxyl groups is 4. The Kier molecular flexibility index (Phi) is 40.0. The van der Waals surface area contributed by atoms with Gasteiger partial charge in [-0.2, -0.15) is 0 Å². The van der Waals surface area contributed by atoms with Crippen molar-refractivity contribution in [3.63, 3.8) is 0 Å². The standard InChI is InChI=1S/C80H113FN22O29/c1-5-98-36-46(76(125)126)66(116)45-33-47(81)57(34-56(45)98)99-27-29-100(30-28-99)79(128)132-41-131-63(115)17-16-61(113)85-24-23-84-60(112)14-15-62(114)89-51-31-44-32-58(110)59(111)35-55(44)103-54(18-22-86-67(51)103)73(122)93-52(37-104)71(120)91-48(12-8-21-88-78(82)83)68(117)92-53(38-105)72(121)97-80(4,19-10-26-102(130)40-107)77(127)94-50-11-6-7-20-87-74(123)64(42(2)108)96-75(124)65(43(3)109)95-70(119)49(90-69(50)118)13-9-25-101(129)39-106/h31-36,39-40,42-43,48-50,52-54,64-65,104-105,108-109,129-130H,5-30,37-38,41H2,1-4H3,(H19,82,83,84,85,86,87,88,89,90,91,92,93,94,95,96,97,110,111,112,113,114,117,118,119,120,121,122,123,124,125,126,127)/p+1/t42?,43?,48-,49-,50-,52+,53+,54-,64-,65-,80-/m0/s1. The summed E-state index contributed by atoms with van der Waals surface area (Å²) in [4.78, 5) is 243. The molecule has 51 nitrogen and oxygen atoms in total. The summed E-state index contributed by atoms with van der Waals surface area (Å²) in [6, 6.07) is -7.85. The van der Waals surface area contributed by atoms with Gasteiger partial charge < -0.3 is 134 Å². The Morgan fingerprint density at radius 2 is 1.30 bits per heavy atom. The van der Waals surface area contributed by atoms with E-state index in [2.05, 4.69) is 74.4 Å². The second-order valence-corrected chi connectivity index (χ2v) is 31.4. The lowest BCUT2D eigenvalue weighted by molar-refractivity contribution is -0.674. The number of aryl methyl sites for hydroxylation is 1. The number of aliphatic hydroxyl groups excluding tert-OH is 4. The number of guanidine groups is 1. The Morgan fingerprint density at radius 3 is 1.93 bits per heavy atom. The number of fused-ring (bicyclic) bond motifs is 4. The normalized spacial score (nSPS) is 18.2. The fourth-order valence-electron chi connectivity index (χ4n) is 14.4. The number of aromatic carboxylic acids is 1. The number of phenolic OH excluding ortho intramolecular Hbond substituents is 2. The van der Waals surface area contributed by atoms with Crippen LogP contribution in [0.4, 0.5) is 26.4 Å². The molecule has 0 aliphatic carbocycles. The molecule has 0 saturated carbocycles. The fraction of sp³-hybridized carbons (Fsp3) is 0.550. The molecular formula is C80H114FN22O29+. The zero-order valence-electron chi connectivity index (χ0n) is 72.7. The highest BCUT2D eigenvalue weighted by molar-refractivity contribution is 6.02. The van der Waals surface area contributed by atoms with Crippen LogP contribution >= 0.6 is 0 Å². The number of aromatic hydroxyl groups is 2. The molecule has 2 unspecified atom stereocenters. The molecule has 2 fully saturated rings. The van der Waals surface area contributed by atoms with E-state index < -0.39 is 248 Å². The first kappa shape index (κ1) is 105. The minimum absolute atomic E-state index is 0.00804. The van der Waals surface area contributed by atoms with Gasteiger partial charge in [0.25, 0.3) is 11.7 Å². The van der Waals surface area contributed by atoms with Gasteiger partial charge in [0.15, 0.2) is 23.5 Å². The molecule has 0 spiro atoms. The molecule has 11 atom stereocenters. The number of nitrogens with zero attached hydrogens (tertiary/aromatic N) is 6.